The lowest BCUT2D eigenvalue weighted by Crippen LogP contribution is -2.54. The molecular weight excluding hydrogens is 594 g/mol. The van der Waals surface area contributed by atoms with Crippen molar-refractivity contribution in [1.82, 2.24) is 21.3 Å². The van der Waals surface area contributed by atoms with Gasteiger partial charge in [-0.1, -0.05) is 42.5 Å². The van der Waals surface area contributed by atoms with E-state index in [-0.39, 0.29) is 25.0 Å². The van der Waals surface area contributed by atoms with Crippen LogP contribution in [0, 0.1) is 0 Å². The molecule has 0 aliphatic heterocycles. The van der Waals surface area contributed by atoms with Gasteiger partial charge in [0.2, 0.25) is 23.6 Å². The lowest BCUT2D eigenvalue weighted by atomic mass is 10.0. The van der Waals surface area contributed by atoms with Crippen LogP contribution in [0.5, 0.6) is 5.75 Å². The van der Waals surface area contributed by atoms with E-state index in [0.717, 1.165) is 18.1 Å². The Morgan fingerprint density at radius 2 is 1.34 bits per heavy atom. The molecule has 4 amide bonds. The van der Waals surface area contributed by atoms with Gasteiger partial charge in [0.25, 0.3) is 5.97 Å². The number of rotatable bonds is 16. The van der Waals surface area contributed by atoms with E-state index in [2.05, 4.69) is 21.3 Å². The number of nitrogens with one attached hydrogen (secondary N) is 4. The molecule has 0 spiro atoms. The fourth-order valence-electron chi connectivity index (χ4n) is 3.59. The van der Waals surface area contributed by atoms with Gasteiger partial charge in [0.05, 0.1) is 19.1 Å². The van der Waals surface area contributed by atoms with Gasteiger partial charge in [-0.05, 0) is 48.1 Å². The highest BCUT2D eigenvalue weighted by Crippen LogP contribution is 2.11. The topological polar surface area (TPSA) is 237 Å². The van der Waals surface area contributed by atoms with E-state index in [0.29, 0.717) is 5.75 Å². The monoisotopic (exact) mass is 633 g/mol. The van der Waals surface area contributed by atoms with Crippen molar-refractivity contribution in [1.29, 1.82) is 0 Å². The average Bonchev–Trinajstić information content (AvgIpc) is 2.97. The van der Waals surface area contributed by atoms with Gasteiger partial charge < -0.3 is 42.3 Å². The number of hydrogen-bond acceptors (Lipinski definition) is 9. The Balaban J connectivity index is 0.00000227. The molecule has 0 radical (unpaired) electrons. The minimum absolute atomic E-state index is 0.0881. The average molecular weight is 634 g/mol. The second-order valence-corrected chi connectivity index (χ2v) is 10.5. The van der Waals surface area contributed by atoms with Gasteiger partial charge in [0.1, 0.15) is 17.8 Å². The first-order valence-electron chi connectivity index (χ1n) is 13.4. The predicted molar refractivity (Wildman–Crippen MR) is 164 cm³/mol. The number of nitrogens with two attached hydrogens (primary N) is 1. The van der Waals surface area contributed by atoms with Crippen LogP contribution in [0.3, 0.4) is 0 Å². The normalized spacial score (nSPS) is 12.2. The highest BCUT2D eigenvalue weighted by molar-refractivity contribution is 7.98. The highest BCUT2D eigenvalue weighted by atomic mass is 32.2. The Hall–Kier alpha value is -4.63. The summed E-state index contributed by atoms with van der Waals surface area (Å²) in [6.07, 6.45) is 2.34. The van der Waals surface area contributed by atoms with Crippen LogP contribution < -0.4 is 27.0 Å². The fraction of sp³-hybridized carbons (Fsp3) is 0.379. The maximum atomic E-state index is 12.9. The molecule has 0 heterocycles. The maximum absolute atomic E-state index is 12.9. The van der Waals surface area contributed by atoms with Crippen molar-refractivity contribution in [3.8, 4) is 5.75 Å². The first-order chi connectivity index (χ1) is 20.8. The van der Waals surface area contributed by atoms with Crippen LogP contribution in [0.2, 0.25) is 0 Å². The summed E-state index contributed by atoms with van der Waals surface area (Å²) in [5.41, 5.74) is 7.35. The summed E-state index contributed by atoms with van der Waals surface area (Å²) in [7, 11) is 0. The van der Waals surface area contributed by atoms with Crippen LogP contribution in [-0.4, -0.2) is 94.1 Å². The summed E-state index contributed by atoms with van der Waals surface area (Å²) in [5.74, 6) is -3.94. The standard InChI is InChI=1S/C27H35N5O7S.C2H4O2/c1-40-12-11-21(27(38)39)32-26(37)22(14-17-5-3-2-4-6-17)31-24(35)16-29-23(34)15-30-25(36)20(28)13-18-7-9-19(33)10-8-18;1-2(3)4/h2-10,20-22,33H,11-16,28H2,1H3,(H,29,34)(H,30,36)(H,31,35)(H,32,37)(H,38,39);1H3,(H,3,4). The zero-order chi connectivity index (χ0) is 33.1. The van der Waals surface area contributed by atoms with E-state index in [1.807, 2.05) is 6.26 Å². The Labute approximate surface area is 259 Å². The summed E-state index contributed by atoms with van der Waals surface area (Å²) in [6.45, 7) is 0.195. The summed E-state index contributed by atoms with van der Waals surface area (Å²) < 4.78 is 0. The SMILES string of the molecule is CC(=O)O.CSCCC(NC(=O)C(Cc1ccccc1)NC(=O)CNC(=O)CNC(=O)C(N)Cc1ccc(O)cc1)C(=O)O. The summed E-state index contributed by atoms with van der Waals surface area (Å²) in [4.78, 5) is 70.5. The van der Waals surface area contributed by atoms with Gasteiger partial charge in [-0.3, -0.25) is 24.0 Å². The Morgan fingerprint density at radius 3 is 1.91 bits per heavy atom. The lowest BCUT2D eigenvalue weighted by Gasteiger charge is -2.22. The van der Waals surface area contributed by atoms with Crippen molar-refractivity contribution >= 4 is 47.3 Å². The van der Waals surface area contributed by atoms with E-state index < -0.39 is 66.8 Å². The number of thioether (sulfide) groups is 1. The van der Waals surface area contributed by atoms with Crippen molar-refractivity contribution in [3.05, 3.63) is 65.7 Å². The minimum Gasteiger partial charge on any atom is -0.508 e. The van der Waals surface area contributed by atoms with E-state index in [1.165, 1.54) is 23.9 Å². The van der Waals surface area contributed by atoms with Crippen LogP contribution in [0.25, 0.3) is 0 Å². The quantitative estimate of drug-likeness (QED) is 0.119. The molecule has 9 N–H and O–H groups in total. The molecule has 15 heteroatoms. The molecule has 0 aliphatic carbocycles. The summed E-state index contributed by atoms with van der Waals surface area (Å²) in [5, 5.41) is 36.0. The first kappa shape index (κ1) is 37.4. The molecule has 3 atom stereocenters. The Kier molecular flexibility index (Phi) is 17.3. The van der Waals surface area contributed by atoms with Gasteiger partial charge in [-0.25, -0.2) is 4.79 Å². The number of carbonyl (C=O) groups is 6. The molecule has 14 nitrogen and oxygen atoms in total. The van der Waals surface area contributed by atoms with Gasteiger partial charge in [0.15, 0.2) is 0 Å². The molecule has 0 saturated carbocycles. The largest absolute Gasteiger partial charge is 0.508 e. The summed E-state index contributed by atoms with van der Waals surface area (Å²) >= 11 is 1.45. The number of aromatic hydroxyl groups is 1. The molecule has 2 aromatic rings. The third kappa shape index (κ3) is 16.1. The van der Waals surface area contributed by atoms with Crippen molar-refractivity contribution in [3.63, 3.8) is 0 Å². The van der Waals surface area contributed by atoms with Gasteiger partial charge >= 0.3 is 5.97 Å². The zero-order valence-corrected chi connectivity index (χ0v) is 25.3. The zero-order valence-electron chi connectivity index (χ0n) is 24.4. The van der Waals surface area contributed by atoms with Crippen LogP contribution in [0.4, 0.5) is 0 Å². The van der Waals surface area contributed by atoms with Gasteiger partial charge in [0, 0.05) is 13.3 Å². The van der Waals surface area contributed by atoms with E-state index in [9.17, 15) is 34.2 Å². The number of amides is 4. The minimum atomic E-state index is -1.18. The third-order valence-corrected chi connectivity index (χ3v) is 6.40. The number of benzene rings is 2. The molecule has 3 unspecified atom stereocenters. The lowest BCUT2D eigenvalue weighted by molar-refractivity contribution is -0.142. The number of carbonyl (C=O) groups excluding carboxylic acids is 4. The number of carboxylic acid groups (broad SMARTS) is 2. The van der Waals surface area contributed by atoms with Crippen LogP contribution >= 0.6 is 11.8 Å². The molecule has 0 saturated heterocycles. The van der Waals surface area contributed by atoms with Crippen molar-refractivity contribution in [2.75, 3.05) is 25.1 Å². The molecule has 0 fully saturated rings. The fourth-order valence-corrected chi connectivity index (χ4v) is 4.06. The van der Waals surface area contributed by atoms with E-state index >= 15 is 0 Å². The first-order valence-corrected chi connectivity index (χ1v) is 14.8. The van der Waals surface area contributed by atoms with Gasteiger partial charge in [-0.2, -0.15) is 11.8 Å². The van der Waals surface area contributed by atoms with Crippen LogP contribution in [0.1, 0.15) is 24.5 Å². The highest BCUT2D eigenvalue weighted by Gasteiger charge is 2.27. The number of phenolic OH excluding ortho intramolecular Hbond substituents is 1. The second kappa shape index (κ2) is 20.3. The van der Waals surface area contributed by atoms with Crippen LogP contribution in [0.15, 0.2) is 54.6 Å². The number of phenols is 1. The molecule has 0 bridgehead atoms. The predicted octanol–water partition coefficient (Wildman–Crippen LogP) is -0.365. The third-order valence-electron chi connectivity index (χ3n) is 5.76. The second-order valence-electron chi connectivity index (χ2n) is 9.48. The molecule has 0 aliphatic rings. The Bertz CT molecular complexity index is 1240. The van der Waals surface area contributed by atoms with Crippen molar-refractivity contribution in [2.24, 2.45) is 5.73 Å². The number of carboxylic acids is 2. The van der Waals surface area contributed by atoms with E-state index in [4.69, 9.17) is 15.6 Å². The van der Waals surface area contributed by atoms with E-state index in [1.54, 1.807) is 42.5 Å². The Morgan fingerprint density at radius 1 is 0.773 bits per heavy atom. The number of aliphatic carboxylic acids is 2. The van der Waals surface area contributed by atoms with Crippen molar-refractivity contribution in [2.45, 2.75) is 44.3 Å². The smallest absolute Gasteiger partial charge is 0.326 e. The van der Waals surface area contributed by atoms with Gasteiger partial charge in [-0.15, -0.1) is 0 Å². The molecular formula is C29H39N5O9S. The molecule has 44 heavy (non-hydrogen) atoms. The van der Waals surface area contributed by atoms with Crippen LogP contribution in [-0.2, 0) is 41.6 Å². The molecule has 240 valence electrons. The molecule has 0 aromatic heterocycles. The molecule has 2 rings (SSSR count). The summed E-state index contributed by atoms with van der Waals surface area (Å²) in [6, 6.07) is 12.0. The maximum Gasteiger partial charge on any atom is 0.326 e. The number of hydrogen-bond donors (Lipinski definition) is 8. The molecule has 2 aromatic carbocycles. The van der Waals surface area contributed by atoms with Crippen molar-refractivity contribution < 1.29 is 44.1 Å².